The van der Waals surface area contributed by atoms with Crippen molar-refractivity contribution >= 4 is 43.1 Å². The highest BCUT2D eigenvalue weighted by Gasteiger charge is 2.24. The molecule has 0 aromatic heterocycles. The zero-order chi connectivity index (χ0) is 34.1. The van der Waals surface area contributed by atoms with Gasteiger partial charge in [-0.15, -0.1) is 0 Å². The Kier molecular flexibility index (Phi) is 7.94. The van der Waals surface area contributed by atoms with Crippen molar-refractivity contribution in [2.75, 3.05) is 0 Å². The first kappa shape index (κ1) is 32.4. The van der Waals surface area contributed by atoms with E-state index < -0.39 is 0 Å². The van der Waals surface area contributed by atoms with Crippen molar-refractivity contribution in [3.63, 3.8) is 0 Å². The molecule has 0 amide bonds. The van der Waals surface area contributed by atoms with Gasteiger partial charge in [-0.25, -0.2) is 0 Å². The molecule has 0 aliphatic heterocycles. The molecule has 7 aromatic rings. The minimum Gasteiger partial charge on any atom is -0.0617 e. The lowest BCUT2D eigenvalue weighted by Crippen LogP contribution is -2.12. The first-order valence-corrected chi connectivity index (χ1v) is 18.3. The van der Waals surface area contributed by atoms with Gasteiger partial charge in [0.1, 0.15) is 0 Å². The van der Waals surface area contributed by atoms with E-state index in [1.165, 1.54) is 98.7 Å². The molecule has 0 atom stereocenters. The molecular formula is C48H52. The van der Waals surface area contributed by atoms with Crippen LogP contribution in [0.5, 0.6) is 0 Å². The standard InChI is InChI=1S/C48H52/c1-11-29-17-15-18-30(12-2)43(29)35-21-33-23-37(47(5,6)7)28-42-40-26-36(44-31(13-3)19-16-20-32(44)14-4)22-34-24-38(48(8,9)10)27-41(46(34)40)39(25-35)45(33)42/h15-28H,11-14H2,1-10H3. The number of fused-ring (bicyclic) bond motifs is 2. The first-order chi connectivity index (χ1) is 22.9. The fraction of sp³-hybridized carbons (Fsp3) is 0.333. The molecule has 0 N–H and O–H groups in total. The Morgan fingerprint density at radius 2 is 0.708 bits per heavy atom. The van der Waals surface area contributed by atoms with Crippen molar-refractivity contribution in [1.29, 1.82) is 0 Å². The van der Waals surface area contributed by atoms with Crippen LogP contribution in [0, 0.1) is 0 Å². The summed E-state index contributed by atoms with van der Waals surface area (Å²) < 4.78 is 0. The minimum atomic E-state index is 0.0219. The summed E-state index contributed by atoms with van der Waals surface area (Å²) in [7, 11) is 0. The van der Waals surface area contributed by atoms with Gasteiger partial charge in [-0.1, -0.05) is 118 Å². The minimum absolute atomic E-state index is 0.0219. The lowest BCUT2D eigenvalue weighted by Gasteiger charge is -2.26. The van der Waals surface area contributed by atoms with Crippen molar-refractivity contribution in [1.82, 2.24) is 0 Å². The molecular weight excluding hydrogens is 577 g/mol. The van der Waals surface area contributed by atoms with Crippen LogP contribution in [-0.2, 0) is 36.5 Å². The SMILES string of the molecule is CCc1cccc(CC)c1-c1cc2cc(C(C)(C)C)cc3c4cc(-c5c(CC)cccc5CC)cc5cc(C(C)(C)C)cc(c(c1)c23)c54. The van der Waals surface area contributed by atoms with Gasteiger partial charge in [0, 0.05) is 0 Å². The second-order valence-corrected chi connectivity index (χ2v) is 16.1. The summed E-state index contributed by atoms with van der Waals surface area (Å²) in [5.41, 5.74) is 14.1. The third kappa shape index (κ3) is 5.20. The summed E-state index contributed by atoms with van der Waals surface area (Å²) in [5, 5.41) is 11.0. The molecule has 0 heteroatoms. The van der Waals surface area contributed by atoms with Crippen molar-refractivity contribution in [2.24, 2.45) is 0 Å². The van der Waals surface area contributed by atoms with Crippen LogP contribution in [0.15, 0.2) is 84.9 Å². The van der Waals surface area contributed by atoms with Gasteiger partial charge in [-0.3, -0.25) is 0 Å². The number of aryl methyl sites for hydroxylation is 4. The van der Waals surface area contributed by atoms with Gasteiger partial charge in [0.15, 0.2) is 0 Å². The molecule has 0 unspecified atom stereocenters. The lowest BCUT2D eigenvalue weighted by atomic mass is 9.78. The molecule has 0 saturated carbocycles. The summed E-state index contributed by atoms with van der Waals surface area (Å²) in [6.07, 6.45) is 4.10. The molecule has 244 valence electrons. The Bertz CT molecular complexity index is 2120. The maximum absolute atomic E-state index is 2.54. The number of rotatable bonds is 6. The summed E-state index contributed by atoms with van der Waals surface area (Å²) >= 11 is 0. The summed E-state index contributed by atoms with van der Waals surface area (Å²) in [4.78, 5) is 0. The molecule has 48 heavy (non-hydrogen) atoms. The second kappa shape index (κ2) is 11.8. The van der Waals surface area contributed by atoms with Crippen molar-refractivity contribution < 1.29 is 0 Å². The maximum atomic E-state index is 2.54. The monoisotopic (exact) mass is 628 g/mol. The Morgan fingerprint density at radius 1 is 0.396 bits per heavy atom. The molecule has 0 aliphatic rings. The fourth-order valence-corrected chi connectivity index (χ4v) is 8.26. The van der Waals surface area contributed by atoms with Crippen LogP contribution in [-0.4, -0.2) is 0 Å². The predicted octanol–water partition coefficient (Wildman–Crippen LogP) is 13.9. The quantitative estimate of drug-likeness (QED) is 0.127. The van der Waals surface area contributed by atoms with Crippen LogP contribution >= 0.6 is 0 Å². The van der Waals surface area contributed by atoms with E-state index in [9.17, 15) is 0 Å². The van der Waals surface area contributed by atoms with Crippen LogP contribution in [0.25, 0.3) is 65.3 Å². The smallest absolute Gasteiger partial charge is 0.00257 e. The van der Waals surface area contributed by atoms with E-state index in [-0.39, 0.29) is 10.8 Å². The molecule has 0 fully saturated rings. The van der Waals surface area contributed by atoms with Crippen LogP contribution in [0.1, 0.15) is 103 Å². The number of benzene rings is 7. The topological polar surface area (TPSA) is 0 Å². The Hall–Kier alpha value is -4.16. The van der Waals surface area contributed by atoms with Gasteiger partial charge in [0.05, 0.1) is 0 Å². The largest absolute Gasteiger partial charge is 0.0617 e. The van der Waals surface area contributed by atoms with Crippen molar-refractivity contribution in [2.45, 2.75) is 106 Å². The van der Waals surface area contributed by atoms with Gasteiger partial charge in [-0.05, 0) is 172 Å². The van der Waals surface area contributed by atoms with Gasteiger partial charge < -0.3 is 0 Å². The van der Waals surface area contributed by atoms with E-state index in [4.69, 9.17) is 0 Å². The van der Waals surface area contributed by atoms with E-state index >= 15 is 0 Å². The van der Waals surface area contributed by atoms with Crippen LogP contribution in [0.4, 0.5) is 0 Å². The van der Waals surface area contributed by atoms with E-state index in [2.05, 4.69) is 154 Å². The molecule has 0 aliphatic carbocycles. The third-order valence-electron chi connectivity index (χ3n) is 11.0. The van der Waals surface area contributed by atoms with E-state index in [1.54, 1.807) is 0 Å². The molecule has 0 heterocycles. The zero-order valence-electron chi connectivity index (χ0n) is 30.9. The van der Waals surface area contributed by atoms with Crippen LogP contribution < -0.4 is 0 Å². The molecule has 0 spiro atoms. The van der Waals surface area contributed by atoms with E-state index in [0.717, 1.165) is 25.7 Å². The van der Waals surface area contributed by atoms with E-state index in [1.807, 2.05) is 0 Å². The third-order valence-corrected chi connectivity index (χ3v) is 11.0. The lowest BCUT2D eigenvalue weighted by molar-refractivity contribution is 0.591. The summed E-state index contributed by atoms with van der Waals surface area (Å²) in [6, 6.07) is 33.9. The predicted molar refractivity (Wildman–Crippen MR) is 213 cm³/mol. The maximum Gasteiger partial charge on any atom is -0.00257 e. The summed E-state index contributed by atoms with van der Waals surface area (Å²) in [5.74, 6) is 0. The molecule has 0 bridgehead atoms. The summed E-state index contributed by atoms with van der Waals surface area (Å²) in [6.45, 7) is 23.3. The second-order valence-electron chi connectivity index (χ2n) is 16.1. The van der Waals surface area contributed by atoms with Gasteiger partial charge in [-0.2, -0.15) is 0 Å². The van der Waals surface area contributed by atoms with Crippen molar-refractivity contribution in [3.05, 3.63) is 118 Å². The fourth-order valence-electron chi connectivity index (χ4n) is 8.26. The van der Waals surface area contributed by atoms with E-state index in [0.29, 0.717) is 0 Å². The molecule has 0 radical (unpaired) electrons. The number of hydrogen-bond donors (Lipinski definition) is 0. The highest BCUT2D eigenvalue weighted by atomic mass is 14.3. The van der Waals surface area contributed by atoms with Crippen molar-refractivity contribution in [3.8, 4) is 22.3 Å². The van der Waals surface area contributed by atoms with Crippen LogP contribution in [0.3, 0.4) is 0 Å². The number of hydrogen-bond acceptors (Lipinski definition) is 0. The Morgan fingerprint density at radius 3 is 1.00 bits per heavy atom. The molecule has 0 nitrogen and oxygen atoms in total. The first-order valence-electron chi connectivity index (χ1n) is 18.3. The van der Waals surface area contributed by atoms with Crippen LogP contribution in [0.2, 0.25) is 0 Å². The van der Waals surface area contributed by atoms with Gasteiger partial charge >= 0.3 is 0 Å². The molecule has 7 rings (SSSR count). The average molecular weight is 629 g/mol. The average Bonchev–Trinajstić information content (AvgIpc) is 3.07. The zero-order valence-corrected chi connectivity index (χ0v) is 30.9. The van der Waals surface area contributed by atoms with Gasteiger partial charge in [0.2, 0.25) is 0 Å². The molecule has 7 aromatic carbocycles. The Balaban J connectivity index is 1.73. The highest BCUT2D eigenvalue weighted by Crippen LogP contribution is 2.47. The highest BCUT2D eigenvalue weighted by molar-refractivity contribution is 6.34. The van der Waals surface area contributed by atoms with Gasteiger partial charge in [0.25, 0.3) is 0 Å². The normalized spacial score (nSPS) is 12.7. The molecule has 0 saturated heterocycles. The Labute approximate surface area is 288 Å².